The molecular formula is C23H26IN3. The number of fused-ring (bicyclic) bond motifs is 1. The van der Waals surface area contributed by atoms with Gasteiger partial charge in [0.15, 0.2) is 0 Å². The van der Waals surface area contributed by atoms with Gasteiger partial charge in [0.1, 0.15) is 7.05 Å². The lowest BCUT2D eigenvalue weighted by atomic mass is 10.1. The summed E-state index contributed by atoms with van der Waals surface area (Å²) in [6, 6.07) is 21.8. The molecule has 3 nitrogen and oxygen atoms in total. The molecule has 0 bridgehead atoms. The van der Waals surface area contributed by atoms with Crippen LogP contribution in [0.1, 0.15) is 11.3 Å². The van der Waals surface area contributed by atoms with Crippen LogP contribution in [0.25, 0.3) is 23.1 Å². The maximum absolute atomic E-state index is 2.47. The number of hydrogen-bond acceptors (Lipinski definition) is 2. The summed E-state index contributed by atoms with van der Waals surface area (Å²) in [5.41, 5.74) is 5.01. The topological polar surface area (TPSA) is 10.4 Å². The molecule has 1 fully saturated rings. The molecule has 0 N–H and O–H groups in total. The molecule has 1 saturated heterocycles. The van der Waals surface area contributed by atoms with Crippen LogP contribution in [0.5, 0.6) is 0 Å². The minimum atomic E-state index is 0. The third-order valence-electron chi connectivity index (χ3n) is 5.33. The Balaban J connectivity index is 0.00000210. The van der Waals surface area contributed by atoms with Crippen LogP contribution in [0.3, 0.4) is 0 Å². The molecule has 0 aliphatic carbocycles. The van der Waals surface area contributed by atoms with Crippen molar-refractivity contribution in [1.82, 2.24) is 4.90 Å². The summed E-state index contributed by atoms with van der Waals surface area (Å²) in [7, 11) is 4.32. The molecule has 2 aromatic carbocycles. The van der Waals surface area contributed by atoms with Gasteiger partial charge in [0.05, 0.1) is 0 Å². The molecular weight excluding hydrogens is 445 g/mol. The van der Waals surface area contributed by atoms with Gasteiger partial charge < -0.3 is 33.8 Å². The van der Waals surface area contributed by atoms with E-state index in [-0.39, 0.29) is 24.0 Å². The normalized spacial score (nSPS) is 15.3. The molecule has 1 aliphatic rings. The van der Waals surface area contributed by atoms with Gasteiger partial charge in [-0.15, -0.1) is 0 Å². The van der Waals surface area contributed by atoms with E-state index in [2.05, 4.69) is 101 Å². The predicted octanol–water partition coefficient (Wildman–Crippen LogP) is 0.591. The Morgan fingerprint density at radius 1 is 0.815 bits per heavy atom. The molecule has 1 aromatic heterocycles. The number of nitrogens with zero attached hydrogens (tertiary/aromatic N) is 3. The van der Waals surface area contributed by atoms with Crippen LogP contribution >= 0.6 is 0 Å². The van der Waals surface area contributed by atoms with E-state index in [1.807, 2.05) is 0 Å². The van der Waals surface area contributed by atoms with Crippen molar-refractivity contribution >= 4 is 28.7 Å². The molecule has 1 aliphatic heterocycles. The van der Waals surface area contributed by atoms with Crippen LogP contribution in [-0.4, -0.2) is 38.1 Å². The van der Waals surface area contributed by atoms with Crippen molar-refractivity contribution < 1.29 is 28.5 Å². The smallest absolute Gasteiger partial charge is 0.212 e. The van der Waals surface area contributed by atoms with Crippen molar-refractivity contribution in [2.45, 2.75) is 0 Å². The summed E-state index contributed by atoms with van der Waals surface area (Å²) in [5.74, 6) is 0. The number of hydrogen-bond donors (Lipinski definition) is 0. The molecule has 0 atom stereocenters. The summed E-state index contributed by atoms with van der Waals surface area (Å²) >= 11 is 0. The highest BCUT2D eigenvalue weighted by molar-refractivity contribution is 5.77. The number of rotatable bonds is 3. The predicted molar refractivity (Wildman–Crippen MR) is 110 cm³/mol. The van der Waals surface area contributed by atoms with E-state index in [1.54, 1.807) is 0 Å². The molecule has 3 aromatic rings. The molecule has 2 heterocycles. The van der Waals surface area contributed by atoms with E-state index in [4.69, 9.17) is 0 Å². The van der Waals surface area contributed by atoms with E-state index in [9.17, 15) is 0 Å². The molecule has 0 saturated carbocycles. The minimum absolute atomic E-state index is 0. The summed E-state index contributed by atoms with van der Waals surface area (Å²) < 4.78 is 2.24. The number of pyridine rings is 1. The van der Waals surface area contributed by atoms with Crippen molar-refractivity contribution in [2.24, 2.45) is 7.05 Å². The molecule has 0 amide bonds. The van der Waals surface area contributed by atoms with Crippen molar-refractivity contribution in [3.8, 4) is 0 Å². The highest BCUT2D eigenvalue weighted by Gasteiger charge is 2.13. The van der Waals surface area contributed by atoms with Crippen LogP contribution in [0.4, 0.5) is 5.69 Å². The lowest BCUT2D eigenvalue weighted by Crippen LogP contribution is -3.00. The number of para-hydroxylation sites is 1. The number of halogens is 1. The summed E-state index contributed by atoms with van der Waals surface area (Å²) in [6.45, 7) is 4.50. The second-order valence-electron chi connectivity index (χ2n) is 7.09. The molecule has 4 rings (SSSR count). The van der Waals surface area contributed by atoms with E-state index in [1.165, 1.54) is 27.8 Å². The highest BCUT2D eigenvalue weighted by atomic mass is 127. The zero-order valence-corrected chi connectivity index (χ0v) is 18.1. The number of aryl methyl sites for hydroxylation is 1. The van der Waals surface area contributed by atoms with Gasteiger partial charge in [-0.25, -0.2) is 0 Å². The number of benzene rings is 2. The van der Waals surface area contributed by atoms with Crippen molar-refractivity contribution in [3.63, 3.8) is 0 Å². The number of aromatic nitrogens is 1. The van der Waals surface area contributed by atoms with Gasteiger partial charge in [-0.3, -0.25) is 0 Å². The zero-order valence-electron chi connectivity index (χ0n) is 16.0. The first-order valence-corrected chi connectivity index (χ1v) is 9.30. The van der Waals surface area contributed by atoms with Crippen LogP contribution in [0, 0.1) is 0 Å². The lowest BCUT2D eigenvalue weighted by Gasteiger charge is -2.34. The van der Waals surface area contributed by atoms with Crippen molar-refractivity contribution in [2.75, 3.05) is 38.1 Å². The van der Waals surface area contributed by atoms with Crippen LogP contribution in [0.15, 0.2) is 60.7 Å². The first-order chi connectivity index (χ1) is 12.7. The van der Waals surface area contributed by atoms with E-state index in [0.29, 0.717) is 0 Å². The van der Waals surface area contributed by atoms with Crippen molar-refractivity contribution in [1.29, 1.82) is 0 Å². The van der Waals surface area contributed by atoms with Gasteiger partial charge in [0.25, 0.3) is 0 Å². The summed E-state index contributed by atoms with van der Waals surface area (Å²) in [4.78, 5) is 4.86. The molecule has 0 unspecified atom stereocenters. The second kappa shape index (κ2) is 8.85. The SMILES string of the molecule is CN1CCN(c2ccc(/C=C/c3ccc4ccccc4[n+]3C)cc2)CC1.[I-]. The standard InChI is InChI=1S/C23H26N3.HI/c1-24-15-17-26(18-16-24)22-12-8-19(9-13-22)7-11-21-14-10-20-5-3-4-6-23(20)25(21)2;/h3-14H,15-18H2,1-2H3;1H/q+1;/p-1. The largest absolute Gasteiger partial charge is 1.00 e. The Hall–Kier alpha value is -1.92. The quantitative estimate of drug-likeness (QED) is 0.409. The van der Waals surface area contributed by atoms with Crippen LogP contribution < -0.4 is 33.4 Å². The van der Waals surface area contributed by atoms with Gasteiger partial charge in [-0.2, -0.15) is 4.57 Å². The average Bonchev–Trinajstić information content (AvgIpc) is 2.69. The van der Waals surface area contributed by atoms with Gasteiger partial charge in [-0.1, -0.05) is 24.3 Å². The Morgan fingerprint density at radius 2 is 1.52 bits per heavy atom. The third kappa shape index (κ3) is 4.50. The second-order valence-corrected chi connectivity index (χ2v) is 7.09. The first-order valence-electron chi connectivity index (χ1n) is 9.30. The summed E-state index contributed by atoms with van der Waals surface area (Å²) in [6.07, 6.45) is 4.38. The van der Waals surface area contributed by atoms with E-state index >= 15 is 0 Å². The van der Waals surface area contributed by atoms with Crippen LogP contribution in [0.2, 0.25) is 0 Å². The lowest BCUT2D eigenvalue weighted by molar-refractivity contribution is -0.646. The fourth-order valence-electron chi connectivity index (χ4n) is 3.57. The number of anilines is 1. The Kier molecular flexibility index (Phi) is 6.50. The first kappa shape index (κ1) is 19.8. The van der Waals surface area contributed by atoms with E-state index < -0.39 is 0 Å². The zero-order chi connectivity index (χ0) is 17.9. The van der Waals surface area contributed by atoms with Gasteiger partial charge in [-0.05, 0) is 43.0 Å². The fourth-order valence-corrected chi connectivity index (χ4v) is 3.57. The van der Waals surface area contributed by atoms with Gasteiger partial charge >= 0.3 is 0 Å². The highest BCUT2D eigenvalue weighted by Crippen LogP contribution is 2.18. The monoisotopic (exact) mass is 471 g/mol. The average molecular weight is 471 g/mol. The molecule has 4 heteroatoms. The molecule has 140 valence electrons. The minimum Gasteiger partial charge on any atom is -1.00 e. The maximum Gasteiger partial charge on any atom is 0.212 e. The van der Waals surface area contributed by atoms with E-state index in [0.717, 1.165) is 26.2 Å². The summed E-state index contributed by atoms with van der Waals surface area (Å²) in [5, 5.41) is 1.27. The fraction of sp³-hybridized carbons (Fsp3) is 0.261. The van der Waals surface area contributed by atoms with Crippen molar-refractivity contribution in [3.05, 3.63) is 71.9 Å². The maximum atomic E-state index is 2.47. The Bertz CT molecular complexity index is 926. The van der Waals surface area contributed by atoms with Gasteiger partial charge in [0.2, 0.25) is 11.2 Å². The molecule has 27 heavy (non-hydrogen) atoms. The van der Waals surface area contributed by atoms with Crippen LogP contribution in [-0.2, 0) is 7.05 Å². The molecule has 0 radical (unpaired) electrons. The van der Waals surface area contributed by atoms with Gasteiger partial charge in [0, 0.05) is 55.5 Å². The number of likely N-dealkylation sites (N-methyl/N-ethyl adjacent to an activating group) is 1. The Morgan fingerprint density at radius 3 is 2.26 bits per heavy atom. The number of piperazine rings is 1. The third-order valence-corrected chi connectivity index (χ3v) is 5.33. The molecule has 0 spiro atoms. The Labute approximate surface area is 178 Å².